The largest absolute Gasteiger partial charge is 0.447 e. The van der Waals surface area contributed by atoms with Crippen LogP contribution >= 0.6 is 0 Å². The molecule has 180 valence electrons. The molecule has 0 spiro atoms. The van der Waals surface area contributed by atoms with Crippen LogP contribution in [0.2, 0.25) is 16.6 Å². The van der Waals surface area contributed by atoms with Gasteiger partial charge in [-0.3, -0.25) is 4.79 Å². The summed E-state index contributed by atoms with van der Waals surface area (Å²) in [4.78, 5) is 26.0. The molecule has 1 heterocycles. The molecular formula is C24H45NO5Si. The second-order valence-electron chi connectivity index (χ2n) is 10.7. The molecule has 2 atom stereocenters. The van der Waals surface area contributed by atoms with Crippen LogP contribution in [-0.4, -0.2) is 57.2 Å². The molecule has 0 aliphatic carbocycles. The van der Waals surface area contributed by atoms with Crippen LogP contribution in [0.25, 0.3) is 0 Å². The van der Waals surface area contributed by atoms with E-state index in [0.29, 0.717) is 23.2 Å². The highest BCUT2D eigenvalue weighted by molar-refractivity contribution is 6.77. The molecule has 7 heteroatoms. The summed E-state index contributed by atoms with van der Waals surface area (Å²) < 4.78 is 17.8. The summed E-state index contributed by atoms with van der Waals surface area (Å²) in [7, 11) is -2.02. The van der Waals surface area contributed by atoms with Gasteiger partial charge in [0.05, 0.1) is 12.1 Å². The van der Waals surface area contributed by atoms with Gasteiger partial charge in [-0.05, 0) is 22.5 Å². The van der Waals surface area contributed by atoms with Crippen molar-refractivity contribution in [2.24, 2.45) is 11.3 Å². The van der Waals surface area contributed by atoms with Crippen molar-refractivity contribution in [1.82, 2.24) is 4.90 Å². The molecule has 1 saturated heterocycles. The highest BCUT2D eigenvalue weighted by atomic mass is 28.4. The van der Waals surface area contributed by atoms with Crippen LogP contribution in [0.5, 0.6) is 0 Å². The van der Waals surface area contributed by atoms with E-state index in [1.54, 1.807) is 6.08 Å². The van der Waals surface area contributed by atoms with E-state index in [9.17, 15) is 9.59 Å². The lowest BCUT2D eigenvalue weighted by molar-refractivity contribution is -0.138. The minimum Gasteiger partial charge on any atom is -0.447 e. The molecule has 0 radical (unpaired) electrons. The van der Waals surface area contributed by atoms with E-state index in [1.807, 2.05) is 13.8 Å². The number of hydrogen-bond donors (Lipinski definition) is 0. The third kappa shape index (κ3) is 6.20. The SMILES string of the molecule is C=C[C@@H](OCC(=O)N1C(=O)OC[C@H]1C(C)C)C(C)(C)CO[Si](C(C)C)(C(C)C)C(C)C. The van der Waals surface area contributed by atoms with Gasteiger partial charge in [0.25, 0.3) is 5.91 Å². The number of imide groups is 1. The average Bonchev–Trinajstić information content (AvgIpc) is 3.03. The Bertz CT molecular complexity index is 608. The number of hydrogen-bond acceptors (Lipinski definition) is 5. The van der Waals surface area contributed by atoms with Gasteiger partial charge in [-0.25, -0.2) is 9.69 Å². The van der Waals surface area contributed by atoms with E-state index >= 15 is 0 Å². The molecule has 0 aromatic heterocycles. The molecule has 0 saturated carbocycles. The van der Waals surface area contributed by atoms with Crippen LogP contribution in [0.4, 0.5) is 4.79 Å². The van der Waals surface area contributed by atoms with E-state index in [-0.39, 0.29) is 42.6 Å². The first kappa shape index (κ1) is 27.9. The lowest BCUT2D eigenvalue weighted by Crippen LogP contribution is -2.51. The standard InChI is InChI=1S/C24H45NO5Si/c1-12-21(28-14-22(26)25-20(16(2)3)13-29-23(25)27)24(10,11)15-30-31(17(4)5,18(6)7)19(8)9/h12,16-21H,1,13-15H2,2-11H3/t20-,21+/m0/s1. The van der Waals surface area contributed by atoms with Crippen molar-refractivity contribution in [3.63, 3.8) is 0 Å². The Hall–Kier alpha value is -1.18. The highest BCUT2D eigenvalue weighted by Gasteiger charge is 2.47. The molecule has 2 amide bonds. The quantitative estimate of drug-likeness (QED) is 0.276. The zero-order chi connectivity index (χ0) is 24.1. The Morgan fingerprint density at radius 3 is 2.10 bits per heavy atom. The predicted molar refractivity (Wildman–Crippen MR) is 128 cm³/mol. The van der Waals surface area contributed by atoms with Crippen molar-refractivity contribution in [3.8, 4) is 0 Å². The molecule has 31 heavy (non-hydrogen) atoms. The zero-order valence-electron chi connectivity index (χ0n) is 21.4. The number of amides is 2. The maximum absolute atomic E-state index is 12.7. The molecule has 6 nitrogen and oxygen atoms in total. The van der Waals surface area contributed by atoms with Gasteiger partial charge >= 0.3 is 6.09 Å². The summed E-state index contributed by atoms with van der Waals surface area (Å²) in [5.41, 5.74) is 1.09. The summed E-state index contributed by atoms with van der Waals surface area (Å²) in [6.07, 6.45) is 0.750. The first-order chi connectivity index (χ1) is 14.2. The van der Waals surface area contributed by atoms with Crippen molar-refractivity contribution >= 4 is 20.3 Å². The fourth-order valence-corrected chi connectivity index (χ4v) is 10.6. The molecular weight excluding hydrogens is 410 g/mol. The van der Waals surface area contributed by atoms with Gasteiger partial charge in [0.1, 0.15) is 13.2 Å². The van der Waals surface area contributed by atoms with Crippen molar-refractivity contribution in [2.75, 3.05) is 19.8 Å². The Morgan fingerprint density at radius 1 is 1.16 bits per heavy atom. The molecule has 1 rings (SSSR count). The second-order valence-corrected chi connectivity index (χ2v) is 16.2. The average molecular weight is 456 g/mol. The smallest absolute Gasteiger partial charge is 0.417 e. The Morgan fingerprint density at radius 2 is 1.68 bits per heavy atom. The fraction of sp³-hybridized carbons (Fsp3) is 0.833. The summed E-state index contributed by atoms with van der Waals surface area (Å²) >= 11 is 0. The first-order valence-corrected chi connectivity index (χ1v) is 13.7. The maximum atomic E-state index is 12.7. The van der Waals surface area contributed by atoms with E-state index in [1.165, 1.54) is 4.90 Å². The van der Waals surface area contributed by atoms with Crippen LogP contribution < -0.4 is 0 Å². The van der Waals surface area contributed by atoms with E-state index in [4.69, 9.17) is 13.9 Å². The Balaban J connectivity index is 2.87. The zero-order valence-corrected chi connectivity index (χ0v) is 22.4. The summed E-state index contributed by atoms with van der Waals surface area (Å²) in [6, 6.07) is -0.253. The van der Waals surface area contributed by atoms with Gasteiger partial charge in [-0.15, -0.1) is 6.58 Å². The Labute approximate surface area is 190 Å². The number of nitrogens with zero attached hydrogens (tertiary/aromatic N) is 1. The third-order valence-corrected chi connectivity index (χ3v) is 12.8. The Kier molecular flexibility index (Phi) is 9.97. The summed E-state index contributed by atoms with van der Waals surface area (Å²) in [5, 5.41) is 0. The first-order valence-electron chi connectivity index (χ1n) is 11.6. The van der Waals surface area contributed by atoms with Gasteiger partial charge in [-0.2, -0.15) is 0 Å². The van der Waals surface area contributed by atoms with Crippen molar-refractivity contribution < 1.29 is 23.5 Å². The number of ether oxygens (including phenoxy) is 2. The summed E-state index contributed by atoms with van der Waals surface area (Å²) in [5.74, 6) is -0.253. The molecule has 1 fully saturated rings. The molecule has 0 unspecified atom stereocenters. The lowest BCUT2D eigenvalue weighted by atomic mass is 9.87. The second kappa shape index (κ2) is 11.1. The van der Waals surface area contributed by atoms with E-state index in [2.05, 4.69) is 62.0 Å². The van der Waals surface area contributed by atoms with Gasteiger partial charge in [0.15, 0.2) is 8.32 Å². The van der Waals surface area contributed by atoms with E-state index < -0.39 is 14.4 Å². The maximum Gasteiger partial charge on any atom is 0.417 e. The molecule has 0 bridgehead atoms. The molecule has 0 aromatic carbocycles. The van der Waals surface area contributed by atoms with Crippen LogP contribution in [-0.2, 0) is 18.7 Å². The van der Waals surface area contributed by atoms with Crippen molar-refractivity contribution in [1.29, 1.82) is 0 Å². The van der Waals surface area contributed by atoms with Gasteiger partial charge in [0, 0.05) is 12.0 Å². The number of cyclic esters (lactones) is 1. The van der Waals surface area contributed by atoms with Gasteiger partial charge < -0.3 is 13.9 Å². The van der Waals surface area contributed by atoms with E-state index in [0.717, 1.165) is 0 Å². The van der Waals surface area contributed by atoms with Crippen molar-refractivity contribution in [3.05, 3.63) is 12.7 Å². The molecule has 1 aliphatic heterocycles. The van der Waals surface area contributed by atoms with Crippen LogP contribution in [0, 0.1) is 11.3 Å². The highest BCUT2D eigenvalue weighted by Crippen LogP contribution is 2.43. The number of carbonyl (C=O) groups is 2. The monoisotopic (exact) mass is 455 g/mol. The van der Waals surface area contributed by atoms with Crippen LogP contribution in [0.1, 0.15) is 69.2 Å². The van der Waals surface area contributed by atoms with Crippen LogP contribution in [0.3, 0.4) is 0 Å². The predicted octanol–water partition coefficient (Wildman–Crippen LogP) is 5.78. The minimum atomic E-state index is -2.02. The fourth-order valence-electron chi connectivity index (χ4n) is 4.95. The van der Waals surface area contributed by atoms with Gasteiger partial charge in [0.2, 0.25) is 0 Å². The summed E-state index contributed by atoms with van der Waals surface area (Å²) in [6.45, 7) is 26.2. The van der Waals surface area contributed by atoms with Crippen LogP contribution in [0.15, 0.2) is 12.7 Å². The lowest BCUT2D eigenvalue weighted by Gasteiger charge is -2.45. The molecule has 0 N–H and O–H groups in total. The third-order valence-electron chi connectivity index (χ3n) is 6.72. The number of rotatable bonds is 12. The molecule has 0 aromatic rings. The normalized spacial score (nSPS) is 19.0. The molecule has 1 aliphatic rings. The topological polar surface area (TPSA) is 65.1 Å². The minimum absolute atomic E-state index is 0.122. The van der Waals surface area contributed by atoms with Gasteiger partial charge in [-0.1, -0.05) is 75.3 Å². The number of carbonyl (C=O) groups excluding carboxylic acids is 2. The van der Waals surface area contributed by atoms with Crippen molar-refractivity contribution in [2.45, 2.75) is 98.0 Å².